The van der Waals surface area contributed by atoms with E-state index in [1.54, 1.807) is 0 Å². The molecule has 0 spiro atoms. The van der Waals surface area contributed by atoms with E-state index in [1.807, 2.05) is 57.1 Å². The summed E-state index contributed by atoms with van der Waals surface area (Å²) in [5, 5.41) is 3.93. The second-order valence-corrected chi connectivity index (χ2v) is 6.72. The number of aliphatic imine (C=N–C) groups is 1. The van der Waals surface area contributed by atoms with Gasteiger partial charge in [0.2, 0.25) is 0 Å². The lowest BCUT2D eigenvalue weighted by molar-refractivity contribution is -0.119. The van der Waals surface area contributed by atoms with Crippen molar-refractivity contribution in [1.29, 1.82) is 0 Å². The topological polar surface area (TPSA) is 44.7 Å². The van der Waals surface area contributed by atoms with Gasteiger partial charge in [-0.2, -0.15) is 4.99 Å². The molecule has 5 heteroatoms. The zero-order valence-electron chi connectivity index (χ0n) is 11.7. The number of benzene rings is 1. The number of aryl methyl sites for hydroxylation is 1. The predicted octanol–water partition coefficient (Wildman–Crippen LogP) is 2.36. The van der Waals surface area contributed by atoms with Crippen molar-refractivity contribution in [1.82, 2.24) is 4.90 Å². The molecule has 1 N–H and O–H groups in total. The van der Waals surface area contributed by atoms with Gasteiger partial charge in [0.25, 0.3) is 5.91 Å². The second kappa shape index (κ2) is 5.35. The van der Waals surface area contributed by atoms with E-state index in [0.29, 0.717) is 11.7 Å². The fourth-order valence-electron chi connectivity index (χ4n) is 2.08. The Morgan fingerprint density at radius 1 is 1.37 bits per heavy atom. The summed E-state index contributed by atoms with van der Waals surface area (Å²) < 4.78 is -0.492. The average molecular weight is 277 g/mol. The normalized spacial score (nSPS) is 22.8. The van der Waals surface area contributed by atoms with Crippen LogP contribution in [0.3, 0.4) is 0 Å². The van der Waals surface area contributed by atoms with Crippen molar-refractivity contribution in [3.63, 3.8) is 0 Å². The van der Waals surface area contributed by atoms with Crippen LogP contribution in [-0.4, -0.2) is 41.4 Å². The van der Waals surface area contributed by atoms with E-state index in [-0.39, 0.29) is 5.91 Å². The lowest BCUT2D eigenvalue weighted by Gasteiger charge is -2.24. The maximum Gasteiger partial charge on any atom is 0.265 e. The molecule has 0 aliphatic carbocycles. The van der Waals surface area contributed by atoms with E-state index in [2.05, 4.69) is 10.3 Å². The Kier molecular flexibility index (Phi) is 3.96. The third-order valence-electron chi connectivity index (χ3n) is 2.98. The average Bonchev–Trinajstić information content (AvgIpc) is 2.56. The van der Waals surface area contributed by atoms with Crippen LogP contribution in [0.15, 0.2) is 29.3 Å². The third-order valence-corrected chi connectivity index (χ3v) is 4.12. The number of nitrogens with one attached hydrogen (secondary N) is 1. The Bertz CT molecular complexity index is 527. The van der Waals surface area contributed by atoms with Gasteiger partial charge in [0.1, 0.15) is 4.75 Å². The van der Waals surface area contributed by atoms with Crippen molar-refractivity contribution >= 4 is 28.5 Å². The number of thioether (sulfide) groups is 1. The molecule has 0 aromatic heterocycles. The highest BCUT2D eigenvalue weighted by atomic mass is 32.2. The van der Waals surface area contributed by atoms with Crippen molar-refractivity contribution in [3.05, 3.63) is 29.8 Å². The van der Waals surface area contributed by atoms with Gasteiger partial charge in [-0.1, -0.05) is 30.0 Å². The number of hydrogen-bond donors (Lipinski definition) is 1. The fraction of sp³-hybridized carbons (Fsp3) is 0.429. The first-order valence-electron chi connectivity index (χ1n) is 6.20. The number of nitrogens with zero attached hydrogens (tertiary/aromatic N) is 2. The molecule has 1 amide bonds. The molecule has 19 heavy (non-hydrogen) atoms. The number of carbonyl (C=O) groups is 1. The zero-order valence-corrected chi connectivity index (χ0v) is 12.5. The van der Waals surface area contributed by atoms with Crippen LogP contribution in [0, 0.1) is 6.92 Å². The van der Waals surface area contributed by atoms with Crippen LogP contribution >= 0.6 is 11.8 Å². The van der Waals surface area contributed by atoms with Crippen LogP contribution in [-0.2, 0) is 4.79 Å². The van der Waals surface area contributed by atoms with E-state index in [0.717, 1.165) is 11.3 Å². The molecule has 0 saturated carbocycles. The van der Waals surface area contributed by atoms with Crippen molar-refractivity contribution in [2.75, 3.05) is 26.0 Å². The van der Waals surface area contributed by atoms with Crippen molar-refractivity contribution in [2.24, 2.45) is 4.99 Å². The molecule has 1 atom stereocenters. The van der Waals surface area contributed by atoms with Gasteiger partial charge in [-0.3, -0.25) is 4.79 Å². The Balaban J connectivity index is 2.11. The monoisotopic (exact) mass is 277 g/mol. The van der Waals surface area contributed by atoms with Gasteiger partial charge >= 0.3 is 0 Å². The number of carbonyl (C=O) groups excluding carboxylic acids is 1. The molecule has 0 radical (unpaired) electrons. The van der Waals surface area contributed by atoms with Gasteiger partial charge in [-0.05, 0) is 39.6 Å². The Labute approximate surface area is 118 Å². The van der Waals surface area contributed by atoms with Crippen LogP contribution in [0.4, 0.5) is 5.69 Å². The molecule has 0 saturated heterocycles. The molecular weight excluding hydrogens is 258 g/mol. The van der Waals surface area contributed by atoms with Crippen LogP contribution in [0.1, 0.15) is 12.5 Å². The summed E-state index contributed by atoms with van der Waals surface area (Å²) in [6, 6.07) is 7.98. The Hall–Kier alpha value is -1.33. The summed E-state index contributed by atoms with van der Waals surface area (Å²) in [5.41, 5.74) is 2.13. The summed E-state index contributed by atoms with van der Waals surface area (Å²) in [4.78, 5) is 18.2. The minimum atomic E-state index is -0.492. The van der Waals surface area contributed by atoms with Crippen LogP contribution < -0.4 is 5.32 Å². The standard InChI is InChI=1S/C14H19N3OS/c1-10-7-5-6-8-11(10)15-13-16-12(18)14(2,19-13)9-17(3)4/h5-8H,9H2,1-4H3,(H,15,16,18). The number of amidine groups is 1. The summed E-state index contributed by atoms with van der Waals surface area (Å²) in [5.74, 6) is -0.0673. The first-order chi connectivity index (χ1) is 8.90. The third kappa shape index (κ3) is 3.16. The first-order valence-corrected chi connectivity index (χ1v) is 7.02. The van der Waals surface area contributed by atoms with E-state index >= 15 is 0 Å². The van der Waals surface area contributed by atoms with Crippen molar-refractivity contribution in [3.8, 4) is 0 Å². The lowest BCUT2D eigenvalue weighted by atomic mass is 10.1. The molecule has 1 aromatic carbocycles. The molecule has 4 nitrogen and oxygen atoms in total. The van der Waals surface area contributed by atoms with Crippen LogP contribution in [0.2, 0.25) is 0 Å². The summed E-state index contributed by atoms with van der Waals surface area (Å²) >= 11 is 1.50. The first kappa shape index (κ1) is 14.1. The maximum atomic E-state index is 12.0. The quantitative estimate of drug-likeness (QED) is 0.921. The highest BCUT2D eigenvalue weighted by Gasteiger charge is 2.41. The SMILES string of the molecule is Cc1ccccc1NC1=NC(=O)C(C)(CN(C)C)S1. The van der Waals surface area contributed by atoms with E-state index in [1.165, 1.54) is 11.8 Å². The number of rotatable bonds is 3. The number of amides is 1. The van der Waals surface area contributed by atoms with Gasteiger partial charge in [0.15, 0.2) is 5.17 Å². The minimum absolute atomic E-state index is 0.0673. The summed E-state index contributed by atoms with van der Waals surface area (Å²) in [7, 11) is 3.93. The lowest BCUT2D eigenvalue weighted by Crippen LogP contribution is -2.38. The molecule has 0 bridgehead atoms. The van der Waals surface area contributed by atoms with Crippen molar-refractivity contribution < 1.29 is 4.79 Å². The zero-order chi connectivity index (χ0) is 14.0. The molecule has 1 aliphatic rings. The largest absolute Gasteiger partial charge is 0.334 e. The number of anilines is 1. The molecule has 0 fully saturated rings. The fourth-order valence-corrected chi connectivity index (χ4v) is 3.25. The minimum Gasteiger partial charge on any atom is -0.334 e. The van der Waals surface area contributed by atoms with E-state index in [4.69, 9.17) is 0 Å². The molecule has 1 unspecified atom stereocenters. The summed E-state index contributed by atoms with van der Waals surface area (Å²) in [6.45, 7) is 4.65. The highest BCUT2D eigenvalue weighted by molar-refractivity contribution is 8.16. The van der Waals surface area contributed by atoms with Crippen molar-refractivity contribution in [2.45, 2.75) is 18.6 Å². The molecule has 1 aliphatic heterocycles. The van der Waals surface area contributed by atoms with Crippen LogP contribution in [0.5, 0.6) is 0 Å². The summed E-state index contributed by atoms with van der Waals surface area (Å²) in [6.07, 6.45) is 0. The highest BCUT2D eigenvalue weighted by Crippen LogP contribution is 2.35. The van der Waals surface area contributed by atoms with Gasteiger partial charge in [-0.15, -0.1) is 0 Å². The Morgan fingerprint density at radius 2 is 2.05 bits per heavy atom. The maximum absolute atomic E-state index is 12.0. The van der Waals surface area contributed by atoms with Gasteiger partial charge in [0.05, 0.1) is 0 Å². The predicted molar refractivity (Wildman–Crippen MR) is 81.8 cm³/mol. The molecule has 102 valence electrons. The second-order valence-electron chi connectivity index (χ2n) is 5.23. The number of para-hydroxylation sites is 1. The van der Waals surface area contributed by atoms with Gasteiger partial charge in [-0.25, -0.2) is 0 Å². The molecule has 1 aromatic rings. The van der Waals surface area contributed by atoms with Crippen LogP contribution in [0.25, 0.3) is 0 Å². The van der Waals surface area contributed by atoms with Gasteiger partial charge < -0.3 is 10.2 Å². The molecule has 2 rings (SSSR count). The van der Waals surface area contributed by atoms with Gasteiger partial charge in [0, 0.05) is 12.2 Å². The Morgan fingerprint density at radius 3 is 2.68 bits per heavy atom. The molecule has 1 heterocycles. The molecular formula is C14H19N3OS. The van der Waals surface area contributed by atoms with E-state index in [9.17, 15) is 4.79 Å². The van der Waals surface area contributed by atoms with E-state index < -0.39 is 4.75 Å². The smallest absolute Gasteiger partial charge is 0.265 e. The number of hydrogen-bond acceptors (Lipinski definition) is 4.